The number of hydrogen-bond acceptors (Lipinski definition) is 2. The zero-order valence-corrected chi connectivity index (χ0v) is 17.9. The SMILES string of the molecule is O=C(C(Nc1ccccc1)c1ccc(C(F)(F)F)cc1)N1CCC[C@@H]1c1ccccc1Cl. The third-order valence-corrected chi connectivity index (χ3v) is 6.05. The largest absolute Gasteiger partial charge is 0.416 e. The number of alkyl halides is 3. The molecule has 1 amide bonds. The lowest BCUT2D eigenvalue weighted by molar-refractivity contribution is -0.137. The molecule has 0 spiro atoms. The average Bonchev–Trinajstić information content (AvgIpc) is 3.27. The monoisotopic (exact) mass is 458 g/mol. The van der Waals surface area contributed by atoms with Crippen LogP contribution >= 0.6 is 11.6 Å². The van der Waals surface area contributed by atoms with Gasteiger partial charge in [-0.2, -0.15) is 13.2 Å². The first kappa shape index (κ1) is 22.2. The van der Waals surface area contributed by atoms with Gasteiger partial charge in [0.15, 0.2) is 0 Å². The van der Waals surface area contributed by atoms with E-state index in [9.17, 15) is 18.0 Å². The van der Waals surface area contributed by atoms with E-state index < -0.39 is 17.8 Å². The van der Waals surface area contributed by atoms with E-state index in [0.29, 0.717) is 22.8 Å². The predicted octanol–water partition coefficient (Wildman–Crippen LogP) is 6.88. The number of amides is 1. The fourth-order valence-corrected chi connectivity index (χ4v) is 4.38. The van der Waals surface area contributed by atoms with Gasteiger partial charge in [0.1, 0.15) is 6.04 Å². The number of nitrogens with one attached hydrogen (secondary N) is 1. The summed E-state index contributed by atoms with van der Waals surface area (Å²) in [5, 5.41) is 3.81. The maximum Gasteiger partial charge on any atom is 0.416 e. The molecule has 166 valence electrons. The van der Waals surface area contributed by atoms with Gasteiger partial charge in [-0.1, -0.05) is 60.1 Å². The van der Waals surface area contributed by atoms with Crippen LogP contribution < -0.4 is 5.32 Å². The Morgan fingerprint density at radius 1 is 0.969 bits per heavy atom. The third-order valence-electron chi connectivity index (χ3n) is 5.70. The lowest BCUT2D eigenvalue weighted by atomic mass is 10.0. The standard InChI is InChI=1S/C25H22ClF3N2O/c26-21-10-5-4-9-20(21)22-11-6-16-31(22)24(32)23(30-19-7-2-1-3-8-19)17-12-14-18(15-13-17)25(27,28)29/h1-5,7-10,12-15,22-23,30H,6,11,16H2/t22-,23?/m1/s1. The van der Waals surface area contributed by atoms with Gasteiger partial charge in [-0.05, 0) is 54.3 Å². The van der Waals surface area contributed by atoms with Gasteiger partial charge in [-0.15, -0.1) is 0 Å². The van der Waals surface area contributed by atoms with Crippen molar-refractivity contribution in [3.8, 4) is 0 Å². The normalized spacial score (nSPS) is 17.2. The smallest absolute Gasteiger partial charge is 0.370 e. The molecule has 0 bridgehead atoms. The summed E-state index contributed by atoms with van der Waals surface area (Å²) in [6, 6.07) is 20.3. The van der Waals surface area contributed by atoms with E-state index in [0.717, 1.165) is 30.5 Å². The van der Waals surface area contributed by atoms with E-state index >= 15 is 0 Å². The molecule has 4 rings (SSSR count). The van der Waals surface area contributed by atoms with Crippen LogP contribution in [-0.2, 0) is 11.0 Å². The molecule has 1 unspecified atom stereocenters. The van der Waals surface area contributed by atoms with Crippen LogP contribution in [0, 0.1) is 0 Å². The van der Waals surface area contributed by atoms with Crippen molar-refractivity contribution in [1.82, 2.24) is 4.90 Å². The second-order valence-corrected chi connectivity index (χ2v) is 8.18. The molecule has 1 N–H and O–H groups in total. The summed E-state index contributed by atoms with van der Waals surface area (Å²) in [5.74, 6) is -0.198. The Balaban J connectivity index is 1.67. The molecule has 1 saturated heterocycles. The molecule has 0 aliphatic carbocycles. The van der Waals surface area contributed by atoms with Crippen molar-refractivity contribution in [3.05, 3.63) is 101 Å². The molecular formula is C25H22ClF3N2O. The maximum absolute atomic E-state index is 13.7. The van der Waals surface area contributed by atoms with Gasteiger partial charge in [0.05, 0.1) is 11.6 Å². The van der Waals surface area contributed by atoms with Crippen LogP contribution in [-0.4, -0.2) is 17.4 Å². The molecule has 0 aromatic heterocycles. The van der Waals surface area contributed by atoms with Crippen LogP contribution in [0.15, 0.2) is 78.9 Å². The van der Waals surface area contributed by atoms with Gasteiger partial charge in [0.2, 0.25) is 5.91 Å². The molecule has 0 radical (unpaired) electrons. The number of halogens is 4. The van der Waals surface area contributed by atoms with Gasteiger partial charge in [-0.25, -0.2) is 0 Å². The Morgan fingerprint density at radius 2 is 1.62 bits per heavy atom. The molecule has 0 saturated carbocycles. The highest BCUT2D eigenvalue weighted by Crippen LogP contribution is 2.38. The van der Waals surface area contributed by atoms with Crippen LogP contribution in [0.5, 0.6) is 0 Å². The number of rotatable bonds is 5. The highest BCUT2D eigenvalue weighted by Gasteiger charge is 2.36. The number of likely N-dealkylation sites (tertiary alicyclic amines) is 1. The highest BCUT2D eigenvalue weighted by atomic mass is 35.5. The number of para-hydroxylation sites is 1. The van der Waals surface area contributed by atoms with Gasteiger partial charge in [-0.3, -0.25) is 4.79 Å². The van der Waals surface area contributed by atoms with Crippen molar-refractivity contribution in [2.24, 2.45) is 0 Å². The Kier molecular flexibility index (Phi) is 6.42. The molecular weight excluding hydrogens is 437 g/mol. The summed E-state index contributed by atoms with van der Waals surface area (Å²) >= 11 is 6.40. The average molecular weight is 459 g/mol. The Morgan fingerprint density at radius 3 is 2.28 bits per heavy atom. The summed E-state index contributed by atoms with van der Waals surface area (Å²) in [7, 11) is 0. The first-order chi connectivity index (χ1) is 15.3. The van der Waals surface area contributed by atoms with Gasteiger partial charge >= 0.3 is 6.18 Å². The predicted molar refractivity (Wildman–Crippen MR) is 119 cm³/mol. The molecule has 7 heteroatoms. The van der Waals surface area contributed by atoms with Gasteiger partial charge in [0, 0.05) is 17.3 Å². The number of anilines is 1. The maximum atomic E-state index is 13.7. The minimum Gasteiger partial charge on any atom is -0.370 e. The molecule has 1 fully saturated rings. The summed E-state index contributed by atoms with van der Waals surface area (Å²) in [4.78, 5) is 15.5. The van der Waals surface area contributed by atoms with E-state index in [1.165, 1.54) is 12.1 Å². The number of carbonyl (C=O) groups excluding carboxylic acids is 1. The number of carbonyl (C=O) groups is 1. The van der Waals surface area contributed by atoms with E-state index in [2.05, 4.69) is 5.32 Å². The van der Waals surface area contributed by atoms with Crippen molar-refractivity contribution in [3.63, 3.8) is 0 Å². The molecule has 3 nitrogen and oxygen atoms in total. The first-order valence-corrected chi connectivity index (χ1v) is 10.8. The fraction of sp³-hybridized carbons (Fsp3) is 0.240. The minimum atomic E-state index is -4.44. The van der Waals surface area contributed by atoms with Crippen molar-refractivity contribution in [1.29, 1.82) is 0 Å². The lowest BCUT2D eigenvalue weighted by Crippen LogP contribution is -2.37. The molecule has 3 aromatic carbocycles. The Hall–Kier alpha value is -2.99. The number of benzene rings is 3. The molecule has 2 atom stereocenters. The zero-order chi connectivity index (χ0) is 22.7. The van der Waals surface area contributed by atoms with Crippen molar-refractivity contribution >= 4 is 23.2 Å². The quantitative estimate of drug-likeness (QED) is 0.452. The Labute approximate surface area is 189 Å². The fourth-order valence-electron chi connectivity index (χ4n) is 4.12. The van der Waals surface area contributed by atoms with Crippen molar-refractivity contribution in [2.75, 3.05) is 11.9 Å². The van der Waals surface area contributed by atoms with E-state index in [1.54, 1.807) is 11.0 Å². The van der Waals surface area contributed by atoms with Crippen molar-refractivity contribution < 1.29 is 18.0 Å². The number of hydrogen-bond donors (Lipinski definition) is 1. The lowest BCUT2D eigenvalue weighted by Gasteiger charge is -2.31. The summed E-state index contributed by atoms with van der Waals surface area (Å²) in [5.41, 5.74) is 1.31. The third kappa shape index (κ3) is 4.75. The highest BCUT2D eigenvalue weighted by molar-refractivity contribution is 6.31. The molecule has 1 aliphatic heterocycles. The topological polar surface area (TPSA) is 32.3 Å². The molecule has 1 heterocycles. The van der Waals surface area contributed by atoms with Crippen molar-refractivity contribution in [2.45, 2.75) is 31.1 Å². The van der Waals surface area contributed by atoms with Crippen LogP contribution in [0.4, 0.5) is 18.9 Å². The van der Waals surface area contributed by atoms with Crippen LogP contribution in [0.3, 0.4) is 0 Å². The number of nitrogens with zero attached hydrogens (tertiary/aromatic N) is 1. The molecule has 32 heavy (non-hydrogen) atoms. The summed E-state index contributed by atoms with van der Waals surface area (Å²) in [6.45, 7) is 0.558. The first-order valence-electron chi connectivity index (χ1n) is 10.4. The summed E-state index contributed by atoms with van der Waals surface area (Å²) in [6.07, 6.45) is -2.83. The van der Waals surface area contributed by atoms with E-state index in [1.807, 2.05) is 48.5 Å². The van der Waals surface area contributed by atoms with Crippen LogP contribution in [0.25, 0.3) is 0 Å². The van der Waals surface area contributed by atoms with Gasteiger partial charge < -0.3 is 10.2 Å². The zero-order valence-electron chi connectivity index (χ0n) is 17.1. The molecule has 1 aliphatic rings. The van der Waals surface area contributed by atoms with Crippen LogP contribution in [0.1, 0.15) is 41.6 Å². The van der Waals surface area contributed by atoms with E-state index in [4.69, 9.17) is 11.6 Å². The van der Waals surface area contributed by atoms with Gasteiger partial charge in [0.25, 0.3) is 0 Å². The van der Waals surface area contributed by atoms with Crippen LogP contribution in [0.2, 0.25) is 5.02 Å². The second kappa shape index (κ2) is 9.25. The minimum absolute atomic E-state index is 0.175. The second-order valence-electron chi connectivity index (χ2n) is 7.77. The molecule has 3 aromatic rings. The summed E-state index contributed by atoms with van der Waals surface area (Å²) < 4.78 is 39.1. The Bertz CT molecular complexity index is 1070. The van der Waals surface area contributed by atoms with E-state index in [-0.39, 0.29) is 11.9 Å².